The van der Waals surface area contributed by atoms with Crippen molar-refractivity contribution < 1.29 is 32.6 Å². The van der Waals surface area contributed by atoms with Crippen LogP contribution in [0.25, 0.3) is 0 Å². The Kier molecular flexibility index (Phi) is 15.4. The Morgan fingerprint density at radius 1 is 0.638 bits per heavy atom. The standard InChI is InChI=1S/C18H18FNO3.C18H18FNO2S.CH4/c1-12-7-9-13(10-8-12)11-16(18(22)23-2)20-17(21)14-5-3-4-6-15(14)19;1-12-7-9-13(10-8-12)11-16(18(21)22-2)20-17(23)14-5-3-4-6-15(14)19;/h3-10,16H,11H2,1-2H3,(H,20,21);3-10,16H,11H2,1-2H3,(H,20,23);1H4. The second kappa shape index (κ2) is 18.9. The predicted molar refractivity (Wildman–Crippen MR) is 183 cm³/mol. The summed E-state index contributed by atoms with van der Waals surface area (Å²) in [6.45, 7) is 3.95. The fourth-order valence-corrected chi connectivity index (χ4v) is 4.66. The number of methoxy groups -OCH3 is 2. The van der Waals surface area contributed by atoms with Crippen LogP contribution in [-0.4, -0.2) is 49.1 Å². The van der Waals surface area contributed by atoms with E-state index in [2.05, 4.69) is 10.6 Å². The third-order valence-electron chi connectivity index (χ3n) is 6.94. The molecule has 10 heteroatoms. The van der Waals surface area contributed by atoms with Crippen LogP contribution in [0.1, 0.15) is 45.6 Å². The zero-order valence-electron chi connectivity index (χ0n) is 26.0. The zero-order chi connectivity index (χ0) is 33.6. The first-order chi connectivity index (χ1) is 22.0. The predicted octanol–water partition coefficient (Wildman–Crippen LogP) is 6.47. The quantitative estimate of drug-likeness (QED) is 0.149. The number of halogens is 2. The lowest BCUT2D eigenvalue weighted by atomic mass is 10.0. The number of hydrogen-bond donors (Lipinski definition) is 2. The number of thiocarbonyl (C=S) groups is 1. The number of nitrogens with one attached hydrogen (secondary N) is 2. The van der Waals surface area contributed by atoms with E-state index in [1.165, 1.54) is 38.5 Å². The monoisotopic (exact) mass is 662 g/mol. The van der Waals surface area contributed by atoms with Gasteiger partial charge in [0.05, 0.1) is 19.8 Å². The molecule has 0 heterocycles. The summed E-state index contributed by atoms with van der Waals surface area (Å²) in [6, 6.07) is 25.7. The molecule has 0 fully saturated rings. The van der Waals surface area contributed by atoms with E-state index < -0.39 is 41.6 Å². The molecule has 2 atom stereocenters. The van der Waals surface area contributed by atoms with Crippen LogP contribution in [0.4, 0.5) is 8.78 Å². The van der Waals surface area contributed by atoms with Crippen LogP contribution in [0.5, 0.6) is 0 Å². The zero-order valence-corrected chi connectivity index (χ0v) is 26.8. The molecule has 0 radical (unpaired) electrons. The molecular weight excluding hydrogens is 622 g/mol. The molecule has 4 aromatic carbocycles. The minimum atomic E-state index is -0.880. The van der Waals surface area contributed by atoms with E-state index in [0.29, 0.717) is 6.42 Å². The first-order valence-corrected chi connectivity index (χ1v) is 14.8. The lowest BCUT2D eigenvalue weighted by Crippen LogP contribution is -2.43. The van der Waals surface area contributed by atoms with E-state index in [0.717, 1.165) is 22.3 Å². The molecular formula is C37H40F2N2O5S. The number of rotatable bonds is 10. The van der Waals surface area contributed by atoms with Gasteiger partial charge in [-0.25, -0.2) is 18.4 Å². The molecule has 0 saturated heterocycles. The van der Waals surface area contributed by atoms with Crippen molar-refractivity contribution in [3.05, 3.63) is 142 Å². The maximum atomic E-state index is 13.8. The largest absolute Gasteiger partial charge is 0.467 e. The smallest absolute Gasteiger partial charge is 0.328 e. The van der Waals surface area contributed by atoms with Crippen LogP contribution in [0.2, 0.25) is 0 Å². The highest BCUT2D eigenvalue weighted by molar-refractivity contribution is 7.80. The Bertz CT molecular complexity index is 1520. The van der Waals surface area contributed by atoms with Crippen molar-refractivity contribution in [2.24, 2.45) is 0 Å². The number of esters is 2. The maximum absolute atomic E-state index is 13.8. The van der Waals surface area contributed by atoms with Gasteiger partial charge < -0.3 is 20.1 Å². The number of ether oxygens (including phenoxy) is 2. The molecule has 0 aromatic heterocycles. The maximum Gasteiger partial charge on any atom is 0.328 e. The Balaban J connectivity index is 0.000000320. The topological polar surface area (TPSA) is 93.7 Å². The molecule has 2 N–H and O–H groups in total. The van der Waals surface area contributed by atoms with Crippen LogP contribution in [0, 0.1) is 25.5 Å². The highest BCUT2D eigenvalue weighted by atomic mass is 32.1. The Hall–Kier alpha value is -4.96. The Morgan fingerprint density at radius 3 is 1.43 bits per heavy atom. The number of carbonyl (C=O) groups is 3. The summed E-state index contributed by atoms with van der Waals surface area (Å²) in [5.74, 6) is -2.72. The van der Waals surface area contributed by atoms with Gasteiger partial charge in [-0.1, -0.05) is 104 Å². The van der Waals surface area contributed by atoms with Gasteiger partial charge in [0.25, 0.3) is 5.91 Å². The summed E-state index contributed by atoms with van der Waals surface area (Å²) in [5, 5.41) is 5.44. The average Bonchev–Trinajstić information content (AvgIpc) is 3.06. The minimum Gasteiger partial charge on any atom is -0.467 e. The van der Waals surface area contributed by atoms with E-state index in [1.807, 2.05) is 62.4 Å². The molecule has 248 valence electrons. The van der Waals surface area contributed by atoms with Crippen LogP contribution in [0.3, 0.4) is 0 Å². The second-order valence-corrected chi connectivity index (χ2v) is 10.8. The molecule has 0 aliphatic rings. The third kappa shape index (κ3) is 11.7. The summed E-state index contributed by atoms with van der Waals surface area (Å²) in [5.41, 5.74) is 4.23. The third-order valence-corrected chi connectivity index (χ3v) is 7.28. The molecule has 0 aliphatic heterocycles. The van der Waals surface area contributed by atoms with Gasteiger partial charge in [0.1, 0.15) is 28.7 Å². The van der Waals surface area contributed by atoms with E-state index in [1.54, 1.807) is 24.3 Å². The van der Waals surface area contributed by atoms with Crippen molar-refractivity contribution in [2.45, 2.75) is 46.2 Å². The SMILES string of the molecule is C.COC(=O)C(Cc1ccc(C)cc1)NC(=O)c1ccccc1F.COC(=O)C(Cc1ccc(C)cc1)NC(=S)c1ccccc1F. The fourth-order valence-electron chi connectivity index (χ4n) is 4.35. The number of aryl methyl sites for hydroxylation is 2. The van der Waals surface area contributed by atoms with Gasteiger partial charge in [-0.3, -0.25) is 4.79 Å². The summed E-state index contributed by atoms with van der Waals surface area (Å²) >= 11 is 5.23. The normalized spacial score (nSPS) is 11.4. The Morgan fingerprint density at radius 2 is 1.02 bits per heavy atom. The molecule has 4 aromatic rings. The molecule has 0 spiro atoms. The van der Waals surface area contributed by atoms with E-state index >= 15 is 0 Å². The minimum absolute atomic E-state index is 0. The molecule has 4 rings (SSSR count). The van der Waals surface area contributed by atoms with Crippen molar-refractivity contribution in [1.29, 1.82) is 0 Å². The Labute approximate surface area is 280 Å². The molecule has 1 amide bonds. The number of benzene rings is 4. The van der Waals surface area contributed by atoms with E-state index in [4.69, 9.17) is 21.7 Å². The van der Waals surface area contributed by atoms with Crippen LogP contribution in [-0.2, 0) is 31.9 Å². The number of carbonyl (C=O) groups excluding carboxylic acids is 3. The van der Waals surface area contributed by atoms with Crippen LogP contribution < -0.4 is 10.6 Å². The van der Waals surface area contributed by atoms with Gasteiger partial charge in [0.2, 0.25) is 0 Å². The summed E-state index contributed by atoms with van der Waals surface area (Å²) in [6.07, 6.45) is 0.675. The van der Waals surface area contributed by atoms with Crippen molar-refractivity contribution in [2.75, 3.05) is 14.2 Å². The highest BCUT2D eigenvalue weighted by Crippen LogP contribution is 2.12. The van der Waals surface area contributed by atoms with Gasteiger partial charge >= 0.3 is 11.9 Å². The van der Waals surface area contributed by atoms with E-state index in [-0.39, 0.29) is 30.0 Å². The summed E-state index contributed by atoms with van der Waals surface area (Å²) < 4.78 is 37.0. The molecule has 2 unspecified atom stereocenters. The molecule has 0 aliphatic carbocycles. The number of hydrogen-bond acceptors (Lipinski definition) is 6. The van der Waals surface area contributed by atoms with Crippen LogP contribution >= 0.6 is 12.2 Å². The van der Waals surface area contributed by atoms with Crippen molar-refractivity contribution in [1.82, 2.24) is 10.6 Å². The van der Waals surface area contributed by atoms with Crippen molar-refractivity contribution in [3.8, 4) is 0 Å². The molecule has 7 nitrogen and oxygen atoms in total. The van der Waals surface area contributed by atoms with Gasteiger partial charge in [-0.2, -0.15) is 0 Å². The van der Waals surface area contributed by atoms with Crippen molar-refractivity contribution >= 4 is 35.1 Å². The van der Waals surface area contributed by atoms with Crippen molar-refractivity contribution in [3.63, 3.8) is 0 Å². The number of amides is 1. The fraction of sp³-hybridized carbons (Fsp3) is 0.243. The summed E-state index contributed by atoms with van der Waals surface area (Å²) in [4.78, 5) is 36.3. The lowest BCUT2D eigenvalue weighted by Gasteiger charge is -2.18. The van der Waals surface area contributed by atoms with E-state index in [9.17, 15) is 23.2 Å². The second-order valence-electron chi connectivity index (χ2n) is 10.4. The molecule has 0 saturated carbocycles. The van der Waals surface area contributed by atoms with Gasteiger partial charge in [0.15, 0.2) is 0 Å². The van der Waals surface area contributed by atoms with Crippen LogP contribution in [0.15, 0.2) is 97.1 Å². The lowest BCUT2D eigenvalue weighted by molar-refractivity contribution is -0.143. The summed E-state index contributed by atoms with van der Waals surface area (Å²) in [7, 11) is 2.57. The molecule has 0 bridgehead atoms. The van der Waals surface area contributed by atoms with Gasteiger partial charge in [0, 0.05) is 18.4 Å². The molecule has 47 heavy (non-hydrogen) atoms. The van der Waals surface area contributed by atoms with Gasteiger partial charge in [-0.15, -0.1) is 0 Å². The van der Waals surface area contributed by atoms with Gasteiger partial charge in [-0.05, 0) is 49.2 Å². The highest BCUT2D eigenvalue weighted by Gasteiger charge is 2.24. The first-order valence-electron chi connectivity index (χ1n) is 14.4. The first kappa shape index (κ1) is 38.2. The average molecular weight is 663 g/mol.